The average molecular weight is 386 g/mol. The predicted octanol–water partition coefficient (Wildman–Crippen LogP) is 3.20. The van der Waals surface area contributed by atoms with Gasteiger partial charge in [-0.2, -0.15) is 0 Å². The van der Waals surface area contributed by atoms with E-state index in [4.69, 9.17) is 4.74 Å². The van der Waals surface area contributed by atoms with Crippen LogP contribution in [0.3, 0.4) is 0 Å². The summed E-state index contributed by atoms with van der Waals surface area (Å²) >= 11 is 0. The normalized spacial score (nSPS) is 11.4. The quantitative estimate of drug-likeness (QED) is 0.424. The highest BCUT2D eigenvalue weighted by Gasteiger charge is 2.20. The van der Waals surface area contributed by atoms with E-state index in [-0.39, 0.29) is 17.4 Å². The van der Waals surface area contributed by atoms with Crippen molar-refractivity contribution in [2.75, 3.05) is 13.7 Å². The van der Waals surface area contributed by atoms with Gasteiger partial charge in [0.2, 0.25) is 0 Å². The molecule has 0 radical (unpaired) electrons. The fourth-order valence-corrected chi connectivity index (χ4v) is 2.58. The number of nitrogens with one attached hydrogen (secondary N) is 1. The zero-order chi connectivity index (χ0) is 20.7. The summed E-state index contributed by atoms with van der Waals surface area (Å²) in [6.07, 6.45) is 0.933. The molecule has 0 aliphatic carbocycles. The third-order valence-corrected chi connectivity index (χ3v) is 4.20. The molecule has 2 aromatic rings. The van der Waals surface area contributed by atoms with E-state index in [1.807, 2.05) is 31.2 Å². The summed E-state index contributed by atoms with van der Waals surface area (Å²) in [5.74, 6) is -1.22. The summed E-state index contributed by atoms with van der Waals surface area (Å²) in [5.41, 5.74) is 1.75. The lowest BCUT2D eigenvalue weighted by Crippen LogP contribution is -2.31. The van der Waals surface area contributed by atoms with Gasteiger partial charge in [-0.25, -0.2) is 4.79 Å². The lowest BCUT2D eigenvalue weighted by atomic mass is 10.1. The molecule has 2 aromatic carbocycles. The molecule has 8 heteroatoms. The minimum absolute atomic E-state index is 0.0233. The van der Waals surface area contributed by atoms with Crippen molar-refractivity contribution in [3.05, 3.63) is 69.3 Å². The van der Waals surface area contributed by atoms with Crippen molar-refractivity contribution in [3.63, 3.8) is 0 Å². The molecule has 1 atom stereocenters. The summed E-state index contributed by atoms with van der Waals surface area (Å²) in [6, 6.07) is 11.3. The lowest BCUT2D eigenvalue weighted by molar-refractivity contribution is -0.385. The second-order valence-electron chi connectivity index (χ2n) is 6.10. The molecule has 0 aromatic heterocycles. The molecule has 2 rings (SSSR count). The molecule has 0 spiro atoms. The maximum absolute atomic E-state index is 12.1. The summed E-state index contributed by atoms with van der Waals surface area (Å²) in [6.45, 7) is 3.51. The van der Waals surface area contributed by atoms with Crippen LogP contribution in [0.15, 0.2) is 42.5 Å². The van der Waals surface area contributed by atoms with Gasteiger partial charge in [-0.3, -0.25) is 14.9 Å². The highest BCUT2D eigenvalue weighted by Crippen LogP contribution is 2.28. The fraction of sp³-hybridized carbons (Fsp3) is 0.300. The maximum atomic E-state index is 12.1. The molecule has 1 amide bonds. The van der Waals surface area contributed by atoms with Crippen LogP contribution in [0.5, 0.6) is 5.75 Å². The van der Waals surface area contributed by atoms with E-state index in [0.29, 0.717) is 0 Å². The zero-order valence-corrected chi connectivity index (χ0v) is 15.9. The average Bonchev–Trinajstić information content (AvgIpc) is 2.71. The van der Waals surface area contributed by atoms with Gasteiger partial charge in [-0.05, 0) is 36.6 Å². The van der Waals surface area contributed by atoms with E-state index < -0.39 is 29.1 Å². The Bertz CT molecular complexity index is 863. The van der Waals surface area contributed by atoms with Crippen LogP contribution in [0, 0.1) is 10.1 Å². The smallest absolute Gasteiger partial charge is 0.338 e. The summed E-state index contributed by atoms with van der Waals surface area (Å²) in [5, 5.41) is 14.0. The first-order chi connectivity index (χ1) is 13.3. The molecule has 0 aliphatic rings. The monoisotopic (exact) mass is 386 g/mol. The fourth-order valence-electron chi connectivity index (χ4n) is 2.58. The van der Waals surface area contributed by atoms with Crippen molar-refractivity contribution >= 4 is 17.6 Å². The van der Waals surface area contributed by atoms with Crippen LogP contribution >= 0.6 is 0 Å². The molecule has 1 N–H and O–H groups in total. The highest BCUT2D eigenvalue weighted by atomic mass is 16.6. The SMILES string of the molecule is CCc1ccc([C@H](C)NC(=O)COc2ccc(C(=O)OC)cc2[N+](=O)[O-])cc1. The molecular weight excluding hydrogens is 364 g/mol. The van der Waals surface area contributed by atoms with Gasteiger partial charge in [0, 0.05) is 6.07 Å². The largest absolute Gasteiger partial charge is 0.477 e. The molecule has 0 saturated heterocycles. The number of nitro benzene ring substituents is 1. The number of hydrogen-bond donors (Lipinski definition) is 1. The van der Waals surface area contributed by atoms with Gasteiger partial charge in [-0.1, -0.05) is 31.2 Å². The maximum Gasteiger partial charge on any atom is 0.338 e. The molecule has 0 heterocycles. The van der Waals surface area contributed by atoms with Crippen LogP contribution in [-0.2, 0) is 16.0 Å². The van der Waals surface area contributed by atoms with Crippen LogP contribution in [0.4, 0.5) is 5.69 Å². The van der Waals surface area contributed by atoms with Crippen molar-refractivity contribution in [1.29, 1.82) is 0 Å². The van der Waals surface area contributed by atoms with Gasteiger partial charge >= 0.3 is 11.7 Å². The minimum Gasteiger partial charge on any atom is -0.477 e. The van der Waals surface area contributed by atoms with E-state index in [1.165, 1.54) is 24.8 Å². The molecule has 0 aliphatic heterocycles. The van der Waals surface area contributed by atoms with Crippen molar-refractivity contribution in [1.82, 2.24) is 5.32 Å². The molecule has 0 bridgehead atoms. The number of aryl methyl sites for hydroxylation is 1. The first-order valence-electron chi connectivity index (χ1n) is 8.73. The number of carbonyl (C=O) groups is 2. The van der Waals surface area contributed by atoms with E-state index in [2.05, 4.69) is 17.0 Å². The Kier molecular flexibility index (Phi) is 7.08. The third-order valence-electron chi connectivity index (χ3n) is 4.20. The molecule has 8 nitrogen and oxygen atoms in total. The number of carbonyl (C=O) groups excluding carboxylic acids is 2. The molecule has 148 valence electrons. The standard InChI is InChI=1S/C20H22N2O6/c1-4-14-5-7-15(8-6-14)13(2)21-19(23)12-28-18-10-9-16(20(24)27-3)11-17(18)22(25)26/h5-11,13H,4,12H2,1-3H3,(H,21,23)/t13-/m0/s1. The van der Waals surface area contributed by atoms with Crippen LogP contribution in [0.1, 0.15) is 41.4 Å². The van der Waals surface area contributed by atoms with Crippen LogP contribution < -0.4 is 10.1 Å². The third kappa shape index (κ3) is 5.29. The zero-order valence-electron chi connectivity index (χ0n) is 15.9. The molecule has 0 unspecified atom stereocenters. The number of amides is 1. The van der Waals surface area contributed by atoms with Crippen molar-refractivity contribution in [3.8, 4) is 5.75 Å². The minimum atomic E-state index is -0.699. The first kappa shape index (κ1) is 20.9. The van der Waals surface area contributed by atoms with E-state index >= 15 is 0 Å². The Morgan fingerprint density at radius 2 is 1.86 bits per heavy atom. The van der Waals surface area contributed by atoms with Crippen LogP contribution in [0.2, 0.25) is 0 Å². The van der Waals surface area contributed by atoms with Crippen molar-refractivity contribution in [2.24, 2.45) is 0 Å². The number of ether oxygens (including phenoxy) is 2. The second kappa shape index (κ2) is 9.50. The number of methoxy groups -OCH3 is 1. The summed E-state index contributed by atoms with van der Waals surface area (Å²) < 4.78 is 9.84. The summed E-state index contributed by atoms with van der Waals surface area (Å²) in [7, 11) is 1.18. The van der Waals surface area contributed by atoms with Crippen molar-refractivity contribution in [2.45, 2.75) is 26.3 Å². The van der Waals surface area contributed by atoms with E-state index in [9.17, 15) is 19.7 Å². The Morgan fingerprint density at radius 3 is 2.43 bits per heavy atom. The number of hydrogen-bond acceptors (Lipinski definition) is 6. The van der Waals surface area contributed by atoms with Gasteiger partial charge in [0.15, 0.2) is 12.4 Å². The van der Waals surface area contributed by atoms with Crippen molar-refractivity contribution < 1.29 is 24.0 Å². The van der Waals surface area contributed by atoms with Crippen LogP contribution in [-0.4, -0.2) is 30.5 Å². The number of esters is 1. The molecule has 0 saturated carbocycles. The van der Waals surface area contributed by atoms with Crippen LogP contribution in [0.25, 0.3) is 0 Å². The second-order valence-corrected chi connectivity index (χ2v) is 6.10. The predicted molar refractivity (Wildman–Crippen MR) is 102 cm³/mol. The summed E-state index contributed by atoms with van der Waals surface area (Å²) in [4.78, 5) is 34.2. The Morgan fingerprint density at radius 1 is 1.18 bits per heavy atom. The van der Waals surface area contributed by atoms with E-state index in [1.54, 1.807) is 0 Å². The Labute approximate surface area is 162 Å². The van der Waals surface area contributed by atoms with Gasteiger partial charge in [0.05, 0.1) is 23.6 Å². The number of nitro groups is 1. The topological polar surface area (TPSA) is 108 Å². The van der Waals surface area contributed by atoms with Gasteiger partial charge < -0.3 is 14.8 Å². The molecule has 0 fully saturated rings. The Hall–Kier alpha value is -3.42. The van der Waals surface area contributed by atoms with Gasteiger partial charge in [0.1, 0.15) is 0 Å². The number of benzene rings is 2. The van der Waals surface area contributed by atoms with Gasteiger partial charge in [0.25, 0.3) is 5.91 Å². The number of nitrogens with zero attached hydrogens (tertiary/aromatic N) is 1. The Balaban J connectivity index is 2.01. The highest BCUT2D eigenvalue weighted by molar-refractivity contribution is 5.90. The van der Waals surface area contributed by atoms with Gasteiger partial charge in [-0.15, -0.1) is 0 Å². The lowest BCUT2D eigenvalue weighted by Gasteiger charge is -2.15. The molecular formula is C20H22N2O6. The first-order valence-corrected chi connectivity index (χ1v) is 8.73. The van der Waals surface area contributed by atoms with E-state index in [0.717, 1.165) is 18.1 Å². The molecule has 28 heavy (non-hydrogen) atoms. The number of rotatable bonds is 8.